The molecule has 1 atom stereocenters. The minimum absolute atomic E-state index is 0.555. The fourth-order valence-electron chi connectivity index (χ4n) is 0.396. The van der Waals surface area contributed by atoms with E-state index in [4.69, 9.17) is 63.1 Å². The first-order chi connectivity index (χ1) is 4.75. The summed E-state index contributed by atoms with van der Waals surface area (Å²) in [5, 5.41) is 8.03. The molecule has 6 heteroatoms. The first kappa shape index (κ1) is 12.4. The Balaban J connectivity index is 4.53. The maximum absolute atomic E-state index is 8.69. The van der Waals surface area contributed by atoms with Gasteiger partial charge in [0.2, 0.25) is 0 Å². The highest BCUT2D eigenvalue weighted by Gasteiger charge is 2.50. The lowest BCUT2D eigenvalue weighted by atomic mass is 10.2. The third-order valence-corrected chi connectivity index (χ3v) is 4.26. The van der Waals surface area contributed by atoms with E-state index in [1.54, 1.807) is 0 Å². The van der Waals surface area contributed by atoms with Gasteiger partial charge in [-0.1, -0.05) is 46.4 Å². The molecule has 0 aromatic rings. The van der Waals surface area contributed by atoms with Crippen molar-refractivity contribution in [2.45, 2.75) is 21.0 Å². The second-order valence-corrected chi connectivity index (χ2v) is 5.63. The van der Waals surface area contributed by atoms with Crippen LogP contribution in [0.15, 0.2) is 0 Å². The average Bonchev–Trinajstić information content (AvgIpc) is 1.87. The molecule has 0 aliphatic carbocycles. The van der Waals surface area contributed by atoms with Gasteiger partial charge in [-0.2, -0.15) is 0 Å². The Morgan fingerprint density at radius 1 is 1.27 bits per heavy atom. The molecule has 0 heterocycles. The van der Waals surface area contributed by atoms with Gasteiger partial charge in [-0.25, -0.2) is 0 Å². The molecular weight excluding hydrogens is 253 g/mol. The SMILES string of the molecule is CC(Cl)C(Cl)(Cl)C(Cl)(Cl)CO. The van der Waals surface area contributed by atoms with Gasteiger partial charge in [0.1, 0.15) is 0 Å². The Kier molecular flexibility index (Phi) is 4.60. The Bertz CT molecular complexity index is 133. The zero-order chi connectivity index (χ0) is 9.28. The van der Waals surface area contributed by atoms with Gasteiger partial charge < -0.3 is 5.11 Å². The summed E-state index contributed by atoms with van der Waals surface area (Å²) in [6.45, 7) is 0.983. The molecule has 0 fully saturated rings. The predicted octanol–water partition coefficient (Wildman–Crippen LogP) is 2.95. The molecule has 0 aliphatic heterocycles. The van der Waals surface area contributed by atoms with Gasteiger partial charge in [-0.05, 0) is 6.92 Å². The minimum Gasteiger partial charge on any atom is -0.393 e. The molecule has 1 unspecified atom stereocenters. The van der Waals surface area contributed by atoms with Gasteiger partial charge in [0.05, 0.1) is 12.0 Å². The summed E-state index contributed by atoms with van der Waals surface area (Å²) < 4.78 is -3.20. The molecular formula is C5H7Cl5O. The van der Waals surface area contributed by atoms with Crippen molar-refractivity contribution in [3.05, 3.63) is 0 Å². The molecule has 0 aromatic carbocycles. The van der Waals surface area contributed by atoms with Crippen LogP contribution in [-0.4, -0.2) is 25.8 Å². The highest BCUT2D eigenvalue weighted by atomic mass is 35.5. The number of rotatable bonds is 3. The molecule has 0 amide bonds. The van der Waals surface area contributed by atoms with E-state index in [9.17, 15) is 0 Å². The van der Waals surface area contributed by atoms with Crippen molar-refractivity contribution in [1.82, 2.24) is 0 Å². The zero-order valence-electron chi connectivity index (χ0n) is 5.62. The van der Waals surface area contributed by atoms with E-state index in [0.29, 0.717) is 0 Å². The fraction of sp³-hybridized carbons (Fsp3) is 1.00. The van der Waals surface area contributed by atoms with Gasteiger partial charge >= 0.3 is 0 Å². The van der Waals surface area contributed by atoms with Gasteiger partial charge in [-0.3, -0.25) is 0 Å². The zero-order valence-corrected chi connectivity index (χ0v) is 9.40. The standard InChI is InChI=1S/C5H7Cl5O/c1-3(6)5(9,10)4(7,8)2-11/h3,11H,2H2,1H3. The van der Waals surface area contributed by atoms with Crippen LogP contribution in [0.3, 0.4) is 0 Å². The number of aliphatic hydroxyl groups is 1. The van der Waals surface area contributed by atoms with Crippen molar-refractivity contribution < 1.29 is 5.11 Å². The quantitative estimate of drug-likeness (QED) is 0.774. The van der Waals surface area contributed by atoms with E-state index in [0.717, 1.165) is 0 Å². The number of aliphatic hydroxyl groups excluding tert-OH is 1. The Labute approximate surface area is 90.5 Å². The first-order valence-corrected chi connectivity index (χ1v) is 4.71. The lowest BCUT2D eigenvalue weighted by Crippen LogP contribution is -2.45. The second kappa shape index (κ2) is 4.08. The molecule has 11 heavy (non-hydrogen) atoms. The summed E-state index contributed by atoms with van der Waals surface area (Å²) in [6.07, 6.45) is 0. The highest BCUT2D eigenvalue weighted by Crippen LogP contribution is 2.46. The first-order valence-electron chi connectivity index (χ1n) is 2.76. The molecule has 0 rings (SSSR count). The van der Waals surface area contributed by atoms with E-state index < -0.39 is 20.7 Å². The number of halogens is 5. The molecule has 0 aliphatic rings. The summed E-state index contributed by atoms with van der Waals surface area (Å²) >= 11 is 28.1. The van der Waals surface area contributed by atoms with Gasteiger partial charge in [0, 0.05) is 0 Å². The maximum atomic E-state index is 8.69. The third-order valence-electron chi connectivity index (χ3n) is 1.19. The number of hydrogen-bond acceptors (Lipinski definition) is 1. The van der Waals surface area contributed by atoms with Crippen LogP contribution in [0.2, 0.25) is 0 Å². The summed E-state index contributed by atoms with van der Waals surface area (Å²) in [4.78, 5) is 0. The molecule has 1 N–H and O–H groups in total. The van der Waals surface area contributed by atoms with Crippen molar-refractivity contribution in [3.8, 4) is 0 Å². The van der Waals surface area contributed by atoms with Crippen LogP contribution in [-0.2, 0) is 0 Å². The van der Waals surface area contributed by atoms with Crippen molar-refractivity contribution >= 4 is 58.0 Å². The third kappa shape index (κ3) is 2.68. The number of alkyl halides is 5. The normalized spacial score (nSPS) is 16.6. The number of hydrogen-bond donors (Lipinski definition) is 1. The van der Waals surface area contributed by atoms with Crippen LogP contribution in [0.4, 0.5) is 0 Å². The van der Waals surface area contributed by atoms with Crippen LogP contribution >= 0.6 is 58.0 Å². The Morgan fingerprint density at radius 3 is 1.73 bits per heavy atom. The minimum atomic E-state index is -1.64. The van der Waals surface area contributed by atoms with Crippen LogP contribution in [0.5, 0.6) is 0 Å². The smallest absolute Gasteiger partial charge is 0.175 e. The van der Waals surface area contributed by atoms with E-state index >= 15 is 0 Å². The van der Waals surface area contributed by atoms with Crippen LogP contribution in [0, 0.1) is 0 Å². The molecule has 0 radical (unpaired) electrons. The second-order valence-electron chi connectivity index (χ2n) is 2.10. The average molecular weight is 260 g/mol. The van der Waals surface area contributed by atoms with Crippen molar-refractivity contribution in [3.63, 3.8) is 0 Å². The van der Waals surface area contributed by atoms with E-state index in [-0.39, 0.29) is 0 Å². The van der Waals surface area contributed by atoms with E-state index in [1.165, 1.54) is 6.92 Å². The van der Waals surface area contributed by atoms with Crippen LogP contribution in [0.25, 0.3) is 0 Å². The van der Waals surface area contributed by atoms with E-state index in [2.05, 4.69) is 0 Å². The lowest BCUT2D eigenvalue weighted by molar-refractivity contribution is 0.269. The Morgan fingerprint density at radius 2 is 1.64 bits per heavy atom. The summed E-state index contributed by atoms with van der Waals surface area (Å²) in [5.74, 6) is 0. The van der Waals surface area contributed by atoms with Crippen LogP contribution in [0.1, 0.15) is 6.92 Å². The summed E-state index contributed by atoms with van der Waals surface area (Å²) in [5.41, 5.74) is 0. The van der Waals surface area contributed by atoms with Gasteiger partial charge in [0.15, 0.2) is 8.67 Å². The molecule has 0 aromatic heterocycles. The predicted molar refractivity (Wildman–Crippen MR) is 51.3 cm³/mol. The molecule has 1 nitrogen and oxygen atoms in total. The highest BCUT2D eigenvalue weighted by molar-refractivity contribution is 6.64. The molecule has 0 spiro atoms. The van der Waals surface area contributed by atoms with Crippen molar-refractivity contribution in [2.75, 3.05) is 6.61 Å². The van der Waals surface area contributed by atoms with Crippen molar-refractivity contribution in [1.29, 1.82) is 0 Å². The topological polar surface area (TPSA) is 20.2 Å². The van der Waals surface area contributed by atoms with Crippen molar-refractivity contribution in [2.24, 2.45) is 0 Å². The fourth-order valence-corrected chi connectivity index (χ4v) is 1.14. The van der Waals surface area contributed by atoms with Crippen LogP contribution < -0.4 is 0 Å². The van der Waals surface area contributed by atoms with Gasteiger partial charge in [0.25, 0.3) is 0 Å². The molecule has 68 valence electrons. The maximum Gasteiger partial charge on any atom is 0.175 e. The molecule has 0 bridgehead atoms. The molecule has 0 saturated carbocycles. The summed E-state index contributed by atoms with van der Waals surface area (Å²) in [6, 6.07) is 0. The van der Waals surface area contributed by atoms with Gasteiger partial charge in [-0.15, -0.1) is 11.6 Å². The monoisotopic (exact) mass is 258 g/mol. The van der Waals surface area contributed by atoms with E-state index in [1.807, 2.05) is 0 Å². The summed E-state index contributed by atoms with van der Waals surface area (Å²) in [7, 11) is 0. The Hall–Kier alpha value is 1.41. The largest absolute Gasteiger partial charge is 0.393 e. The lowest BCUT2D eigenvalue weighted by Gasteiger charge is -2.32. The molecule has 0 saturated heterocycles.